The Kier molecular flexibility index (Phi) is 11.1. The van der Waals surface area contributed by atoms with Gasteiger partial charge in [0.1, 0.15) is 11.5 Å². The van der Waals surface area contributed by atoms with Crippen LogP contribution in [0.3, 0.4) is 0 Å². The Hall–Kier alpha value is -2.82. The smallest absolute Gasteiger partial charge is 0.352 e. The summed E-state index contributed by atoms with van der Waals surface area (Å²) in [5.41, 5.74) is 1.74. The molecule has 0 saturated carbocycles. The fourth-order valence-electron chi connectivity index (χ4n) is 4.42. The van der Waals surface area contributed by atoms with Crippen LogP contribution in [0.5, 0.6) is 11.5 Å². The standard InChI is InChI=1S/C30H40O5/c1-3-5-7-8-9-12-22-33-25-19-16-23(17-20-25)26-14-10-11-15-27(26)34-30(32)28-21-18-24(13-6-4-2)29(31)35-28/h10-11,14-17,19-20,24,28H,3-9,12-13,18,21-22H2,1-2H3/t24?,28-/m0/s1. The molecule has 0 amide bonds. The first kappa shape index (κ1) is 26.8. The first-order valence-corrected chi connectivity index (χ1v) is 13.4. The molecule has 5 heteroatoms. The maximum Gasteiger partial charge on any atom is 0.352 e. The molecule has 0 aliphatic carbocycles. The predicted molar refractivity (Wildman–Crippen MR) is 139 cm³/mol. The summed E-state index contributed by atoms with van der Waals surface area (Å²) in [5, 5.41) is 0. The molecule has 2 aromatic carbocycles. The molecule has 0 N–H and O–H groups in total. The molecule has 1 unspecified atom stereocenters. The number of hydrogen-bond donors (Lipinski definition) is 0. The second-order valence-electron chi connectivity index (χ2n) is 9.40. The molecule has 1 aliphatic rings. The van der Waals surface area contributed by atoms with Gasteiger partial charge in [-0.15, -0.1) is 0 Å². The molecule has 0 bridgehead atoms. The highest BCUT2D eigenvalue weighted by Crippen LogP contribution is 2.32. The molecule has 2 atom stereocenters. The summed E-state index contributed by atoms with van der Waals surface area (Å²) in [6, 6.07) is 15.3. The average Bonchev–Trinajstić information content (AvgIpc) is 2.88. The number of para-hydroxylation sites is 1. The van der Waals surface area contributed by atoms with Crippen LogP contribution in [0.25, 0.3) is 11.1 Å². The summed E-state index contributed by atoms with van der Waals surface area (Å²) in [6.45, 7) is 5.05. The Labute approximate surface area is 210 Å². The third-order valence-electron chi connectivity index (χ3n) is 6.57. The zero-order chi connectivity index (χ0) is 24.9. The van der Waals surface area contributed by atoms with Crippen LogP contribution in [-0.4, -0.2) is 24.6 Å². The molecule has 1 aliphatic heterocycles. The van der Waals surface area contributed by atoms with Gasteiger partial charge in [-0.2, -0.15) is 0 Å². The van der Waals surface area contributed by atoms with Gasteiger partial charge in [-0.25, -0.2) is 4.79 Å². The van der Waals surface area contributed by atoms with Gasteiger partial charge in [0.05, 0.1) is 12.5 Å². The lowest BCUT2D eigenvalue weighted by Crippen LogP contribution is -2.38. The van der Waals surface area contributed by atoms with Gasteiger partial charge in [0, 0.05) is 5.56 Å². The number of ether oxygens (including phenoxy) is 3. The molecule has 35 heavy (non-hydrogen) atoms. The van der Waals surface area contributed by atoms with E-state index in [4.69, 9.17) is 14.2 Å². The average molecular weight is 481 g/mol. The van der Waals surface area contributed by atoms with Crippen molar-refractivity contribution < 1.29 is 23.8 Å². The SMILES string of the molecule is CCCCCCCCOc1ccc(-c2ccccc2OC(=O)[C@@H]2CCC(CCCC)C(=O)O2)cc1. The van der Waals surface area contributed by atoms with Crippen molar-refractivity contribution in [2.45, 2.75) is 90.6 Å². The van der Waals surface area contributed by atoms with E-state index in [0.29, 0.717) is 18.6 Å². The number of benzene rings is 2. The van der Waals surface area contributed by atoms with Gasteiger partial charge in [0.15, 0.2) is 6.10 Å². The highest BCUT2D eigenvalue weighted by molar-refractivity contribution is 5.84. The van der Waals surface area contributed by atoms with Crippen molar-refractivity contribution in [2.24, 2.45) is 5.92 Å². The van der Waals surface area contributed by atoms with Crippen molar-refractivity contribution >= 4 is 11.9 Å². The summed E-state index contributed by atoms with van der Waals surface area (Å²) in [6.07, 6.45) is 10.6. The van der Waals surface area contributed by atoms with E-state index in [2.05, 4.69) is 13.8 Å². The number of unbranched alkanes of at least 4 members (excludes halogenated alkanes) is 6. The lowest BCUT2D eigenvalue weighted by molar-refractivity contribution is -0.171. The molecule has 1 fully saturated rings. The van der Waals surface area contributed by atoms with Gasteiger partial charge < -0.3 is 14.2 Å². The van der Waals surface area contributed by atoms with Gasteiger partial charge in [-0.1, -0.05) is 89.1 Å². The third-order valence-corrected chi connectivity index (χ3v) is 6.57. The molecular formula is C30H40O5. The van der Waals surface area contributed by atoms with Gasteiger partial charge in [-0.3, -0.25) is 4.79 Å². The lowest BCUT2D eigenvalue weighted by Gasteiger charge is -2.26. The summed E-state index contributed by atoms with van der Waals surface area (Å²) in [4.78, 5) is 25.1. The summed E-state index contributed by atoms with van der Waals surface area (Å²) < 4.78 is 17.0. The van der Waals surface area contributed by atoms with E-state index in [1.165, 1.54) is 32.1 Å². The third kappa shape index (κ3) is 8.41. The van der Waals surface area contributed by atoms with Crippen LogP contribution in [0, 0.1) is 5.92 Å². The van der Waals surface area contributed by atoms with E-state index in [9.17, 15) is 9.59 Å². The van der Waals surface area contributed by atoms with Crippen molar-refractivity contribution in [3.05, 3.63) is 48.5 Å². The number of cyclic esters (lactones) is 1. The molecule has 5 nitrogen and oxygen atoms in total. The summed E-state index contributed by atoms with van der Waals surface area (Å²) in [5.74, 6) is 0.397. The molecule has 1 heterocycles. The van der Waals surface area contributed by atoms with Crippen LogP contribution < -0.4 is 9.47 Å². The highest BCUT2D eigenvalue weighted by Gasteiger charge is 2.35. The topological polar surface area (TPSA) is 61.8 Å². The van der Waals surface area contributed by atoms with Crippen LogP contribution in [0.15, 0.2) is 48.5 Å². The zero-order valence-corrected chi connectivity index (χ0v) is 21.3. The minimum absolute atomic E-state index is 0.104. The van der Waals surface area contributed by atoms with Gasteiger partial charge in [0.2, 0.25) is 0 Å². The molecule has 0 aromatic heterocycles. The van der Waals surface area contributed by atoms with Crippen LogP contribution in [0.1, 0.15) is 84.5 Å². The Morgan fingerprint density at radius 2 is 1.60 bits per heavy atom. The number of hydrogen-bond acceptors (Lipinski definition) is 5. The monoisotopic (exact) mass is 480 g/mol. The maximum absolute atomic E-state index is 12.8. The van der Waals surface area contributed by atoms with Gasteiger partial charge in [-0.05, 0) is 49.4 Å². The molecule has 0 radical (unpaired) electrons. The van der Waals surface area contributed by atoms with Crippen LogP contribution in [-0.2, 0) is 14.3 Å². The zero-order valence-electron chi connectivity index (χ0n) is 21.3. The molecule has 0 spiro atoms. The van der Waals surface area contributed by atoms with Crippen LogP contribution in [0.2, 0.25) is 0 Å². The molecule has 1 saturated heterocycles. The summed E-state index contributed by atoms with van der Waals surface area (Å²) in [7, 11) is 0. The second-order valence-corrected chi connectivity index (χ2v) is 9.40. The van der Waals surface area contributed by atoms with Crippen molar-refractivity contribution in [3.8, 4) is 22.6 Å². The Morgan fingerprint density at radius 3 is 2.34 bits per heavy atom. The number of carbonyl (C=O) groups is 2. The Morgan fingerprint density at radius 1 is 0.886 bits per heavy atom. The van der Waals surface area contributed by atoms with E-state index >= 15 is 0 Å². The van der Waals surface area contributed by atoms with Crippen molar-refractivity contribution in [3.63, 3.8) is 0 Å². The van der Waals surface area contributed by atoms with E-state index < -0.39 is 12.1 Å². The van der Waals surface area contributed by atoms with Gasteiger partial charge >= 0.3 is 11.9 Å². The summed E-state index contributed by atoms with van der Waals surface area (Å²) >= 11 is 0. The van der Waals surface area contributed by atoms with E-state index in [1.807, 2.05) is 42.5 Å². The first-order valence-electron chi connectivity index (χ1n) is 13.4. The van der Waals surface area contributed by atoms with E-state index in [0.717, 1.165) is 49.2 Å². The van der Waals surface area contributed by atoms with Crippen molar-refractivity contribution in [2.75, 3.05) is 6.61 Å². The van der Waals surface area contributed by atoms with Crippen molar-refractivity contribution in [1.29, 1.82) is 0 Å². The molecule has 190 valence electrons. The normalized spacial score (nSPS) is 17.6. The number of carbonyl (C=O) groups excluding carboxylic acids is 2. The van der Waals surface area contributed by atoms with Crippen LogP contribution in [0.4, 0.5) is 0 Å². The first-order chi connectivity index (χ1) is 17.1. The van der Waals surface area contributed by atoms with Gasteiger partial charge in [0.25, 0.3) is 0 Å². The number of rotatable bonds is 14. The molecular weight excluding hydrogens is 440 g/mol. The van der Waals surface area contributed by atoms with E-state index in [1.54, 1.807) is 6.07 Å². The van der Waals surface area contributed by atoms with E-state index in [-0.39, 0.29) is 11.9 Å². The maximum atomic E-state index is 12.8. The largest absolute Gasteiger partial charge is 0.494 e. The second kappa shape index (κ2) is 14.6. The minimum atomic E-state index is -0.841. The lowest BCUT2D eigenvalue weighted by atomic mass is 9.93. The molecule has 2 aromatic rings. The number of esters is 2. The van der Waals surface area contributed by atoms with Crippen molar-refractivity contribution in [1.82, 2.24) is 0 Å². The Bertz CT molecular complexity index is 921. The predicted octanol–water partition coefficient (Wildman–Crippen LogP) is 7.51. The molecule has 3 rings (SSSR count). The minimum Gasteiger partial charge on any atom is -0.494 e. The highest BCUT2D eigenvalue weighted by atomic mass is 16.6. The van der Waals surface area contributed by atoms with Crippen LogP contribution >= 0.6 is 0 Å². The fraction of sp³-hybridized carbons (Fsp3) is 0.533. The quantitative estimate of drug-likeness (QED) is 0.159. The Balaban J connectivity index is 1.53. The fourth-order valence-corrected chi connectivity index (χ4v) is 4.42.